The van der Waals surface area contributed by atoms with Crippen LogP contribution in [0, 0.1) is 11.3 Å². The fourth-order valence-electron chi connectivity index (χ4n) is 3.53. The zero-order chi connectivity index (χ0) is 20.6. The topological polar surface area (TPSA) is 106 Å². The largest absolute Gasteiger partial charge is 0.376 e. The standard InChI is InChI=1S/C20H20N8OS/c1-2-6-27-11-15(9-22-27)24-19-25-16-3-7-30-18(16)17(26-19)14-8-23-28(10-14)20(4-5-21)12-29-13-20/h3,7-11H,2,4,6,12-13H2,1H3,(H,24,25,26). The minimum Gasteiger partial charge on any atom is -0.376 e. The molecule has 1 fully saturated rings. The summed E-state index contributed by atoms with van der Waals surface area (Å²) >= 11 is 1.60. The first-order valence-electron chi connectivity index (χ1n) is 9.76. The van der Waals surface area contributed by atoms with Gasteiger partial charge < -0.3 is 10.1 Å². The molecule has 0 amide bonds. The van der Waals surface area contributed by atoms with E-state index in [1.165, 1.54) is 0 Å². The molecule has 1 aliphatic heterocycles. The molecule has 10 heteroatoms. The third kappa shape index (κ3) is 3.22. The van der Waals surface area contributed by atoms with Gasteiger partial charge in [0.2, 0.25) is 5.95 Å². The van der Waals surface area contributed by atoms with E-state index in [-0.39, 0.29) is 5.54 Å². The van der Waals surface area contributed by atoms with Crippen molar-refractivity contribution in [3.05, 3.63) is 36.2 Å². The highest BCUT2D eigenvalue weighted by Crippen LogP contribution is 2.34. The summed E-state index contributed by atoms with van der Waals surface area (Å²) in [6, 6.07) is 4.23. The second-order valence-corrected chi connectivity index (χ2v) is 8.29. The summed E-state index contributed by atoms with van der Waals surface area (Å²) < 4.78 is 10.1. The highest BCUT2D eigenvalue weighted by Gasteiger charge is 2.41. The molecule has 30 heavy (non-hydrogen) atoms. The lowest BCUT2D eigenvalue weighted by Crippen LogP contribution is -2.51. The number of nitriles is 1. The Labute approximate surface area is 176 Å². The number of anilines is 2. The lowest BCUT2D eigenvalue weighted by molar-refractivity contribution is -0.104. The molecule has 4 aromatic rings. The van der Waals surface area contributed by atoms with E-state index >= 15 is 0 Å². The van der Waals surface area contributed by atoms with Crippen LogP contribution in [0.1, 0.15) is 19.8 Å². The van der Waals surface area contributed by atoms with Crippen LogP contribution in [0.2, 0.25) is 0 Å². The van der Waals surface area contributed by atoms with E-state index in [0.717, 1.165) is 40.1 Å². The number of thiophene rings is 1. The van der Waals surface area contributed by atoms with Crippen molar-refractivity contribution in [1.29, 1.82) is 5.26 Å². The second kappa shape index (κ2) is 7.51. The van der Waals surface area contributed by atoms with Crippen LogP contribution >= 0.6 is 11.3 Å². The van der Waals surface area contributed by atoms with Gasteiger partial charge >= 0.3 is 0 Å². The fraction of sp³-hybridized carbons (Fsp3) is 0.350. The first-order valence-corrected chi connectivity index (χ1v) is 10.6. The minimum absolute atomic E-state index is 0.362. The lowest BCUT2D eigenvalue weighted by atomic mass is 9.94. The average Bonchev–Trinajstić information content (AvgIpc) is 3.45. The minimum atomic E-state index is -0.385. The van der Waals surface area contributed by atoms with Crippen molar-refractivity contribution >= 4 is 33.2 Å². The fourth-order valence-corrected chi connectivity index (χ4v) is 4.37. The number of ether oxygens (including phenoxy) is 1. The van der Waals surface area contributed by atoms with Gasteiger partial charge in [-0.05, 0) is 17.9 Å². The molecular formula is C20H20N8OS. The highest BCUT2D eigenvalue weighted by molar-refractivity contribution is 7.17. The van der Waals surface area contributed by atoms with Crippen LogP contribution in [0.25, 0.3) is 21.5 Å². The molecule has 4 aromatic heterocycles. The van der Waals surface area contributed by atoms with Gasteiger partial charge in [-0.3, -0.25) is 9.36 Å². The predicted molar refractivity (Wildman–Crippen MR) is 113 cm³/mol. The number of rotatable bonds is 7. The third-order valence-electron chi connectivity index (χ3n) is 5.14. The van der Waals surface area contributed by atoms with Crippen molar-refractivity contribution in [3.63, 3.8) is 0 Å². The quantitative estimate of drug-likeness (QED) is 0.487. The van der Waals surface area contributed by atoms with E-state index in [0.29, 0.717) is 25.6 Å². The van der Waals surface area contributed by atoms with E-state index < -0.39 is 0 Å². The van der Waals surface area contributed by atoms with Gasteiger partial charge in [0.15, 0.2) is 0 Å². The van der Waals surface area contributed by atoms with Gasteiger partial charge in [0.05, 0.1) is 59.7 Å². The van der Waals surface area contributed by atoms with E-state index in [9.17, 15) is 5.26 Å². The predicted octanol–water partition coefficient (Wildman–Crippen LogP) is 3.54. The van der Waals surface area contributed by atoms with Gasteiger partial charge in [-0.25, -0.2) is 9.97 Å². The van der Waals surface area contributed by atoms with Gasteiger partial charge in [0.25, 0.3) is 0 Å². The van der Waals surface area contributed by atoms with Crippen molar-refractivity contribution < 1.29 is 4.74 Å². The Morgan fingerprint density at radius 2 is 2.17 bits per heavy atom. The Morgan fingerprint density at radius 3 is 2.93 bits per heavy atom. The van der Waals surface area contributed by atoms with Gasteiger partial charge in [-0.2, -0.15) is 15.5 Å². The van der Waals surface area contributed by atoms with E-state index in [2.05, 4.69) is 33.5 Å². The monoisotopic (exact) mass is 420 g/mol. The maximum absolute atomic E-state index is 9.20. The molecular weight excluding hydrogens is 400 g/mol. The number of nitrogens with zero attached hydrogens (tertiary/aromatic N) is 7. The molecule has 0 atom stereocenters. The maximum Gasteiger partial charge on any atom is 0.228 e. The van der Waals surface area contributed by atoms with Crippen LogP contribution in [-0.4, -0.2) is 42.7 Å². The summed E-state index contributed by atoms with van der Waals surface area (Å²) in [6.45, 7) is 3.97. The van der Waals surface area contributed by atoms with Crippen LogP contribution in [0.15, 0.2) is 36.2 Å². The Bertz CT molecular complexity index is 1230. The summed E-state index contributed by atoms with van der Waals surface area (Å²) in [6.07, 6.45) is 8.85. The van der Waals surface area contributed by atoms with Gasteiger partial charge in [-0.15, -0.1) is 11.3 Å². The normalized spacial score (nSPS) is 15.1. The number of hydrogen-bond acceptors (Lipinski definition) is 8. The van der Waals surface area contributed by atoms with Gasteiger partial charge in [-0.1, -0.05) is 6.92 Å². The summed E-state index contributed by atoms with van der Waals surface area (Å²) in [5, 5.41) is 23.3. The summed E-state index contributed by atoms with van der Waals surface area (Å²) in [5.41, 5.74) is 3.04. The zero-order valence-corrected chi connectivity index (χ0v) is 17.3. The third-order valence-corrected chi connectivity index (χ3v) is 6.05. The van der Waals surface area contributed by atoms with Gasteiger partial charge in [0, 0.05) is 24.5 Å². The molecule has 0 unspecified atom stereocenters. The van der Waals surface area contributed by atoms with E-state index in [1.54, 1.807) is 23.7 Å². The molecule has 1 N–H and O–H groups in total. The second-order valence-electron chi connectivity index (χ2n) is 7.37. The van der Waals surface area contributed by atoms with Crippen LogP contribution in [0.5, 0.6) is 0 Å². The number of fused-ring (bicyclic) bond motifs is 1. The molecule has 0 radical (unpaired) electrons. The number of hydrogen-bond donors (Lipinski definition) is 1. The molecule has 1 aliphatic rings. The van der Waals surface area contributed by atoms with Crippen molar-refractivity contribution in [2.45, 2.75) is 31.8 Å². The molecule has 1 saturated heterocycles. The molecule has 0 spiro atoms. The molecule has 0 saturated carbocycles. The highest BCUT2D eigenvalue weighted by atomic mass is 32.1. The molecule has 0 bridgehead atoms. The van der Waals surface area contributed by atoms with E-state index in [1.807, 2.05) is 33.2 Å². The van der Waals surface area contributed by atoms with E-state index in [4.69, 9.17) is 9.72 Å². The smallest absolute Gasteiger partial charge is 0.228 e. The van der Waals surface area contributed by atoms with Crippen molar-refractivity contribution in [2.75, 3.05) is 18.5 Å². The lowest BCUT2D eigenvalue weighted by Gasteiger charge is -2.39. The maximum atomic E-state index is 9.20. The Kier molecular flexibility index (Phi) is 4.69. The number of nitrogens with one attached hydrogen (secondary N) is 1. The summed E-state index contributed by atoms with van der Waals surface area (Å²) in [4.78, 5) is 9.43. The first kappa shape index (κ1) is 18.7. The van der Waals surface area contributed by atoms with Crippen molar-refractivity contribution in [2.24, 2.45) is 0 Å². The molecule has 9 nitrogen and oxygen atoms in total. The van der Waals surface area contributed by atoms with Crippen LogP contribution in [0.4, 0.5) is 11.6 Å². The number of aromatic nitrogens is 6. The van der Waals surface area contributed by atoms with Crippen LogP contribution < -0.4 is 5.32 Å². The van der Waals surface area contributed by atoms with Crippen LogP contribution in [0.3, 0.4) is 0 Å². The Morgan fingerprint density at radius 1 is 1.27 bits per heavy atom. The summed E-state index contributed by atoms with van der Waals surface area (Å²) in [5.74, 6) is 0.512. The molecule has 152 valence electrons. The van der Waals surface area contributed by atoms with Crippen LogP contribution in [-0.2, 0) is 16.8 Å². The molecule has 0 aromatic carbocycles. The molecule has 5 heterocycles. The average molecular weight is 421 g/mol. The zero-order valence-electron chi connectivity index (χ0n) is 16.4. The molecule has 0 aliphatic carbocycles. The first-order chi connectivity index (χ1) is 14.7. The van der Waals surface area contributed by atoms with Gasteiger partial charge in [0.1, 0.15) is 5.54 Å². The Balaban J connectivity index is 1.50. The Hall–Kier alpha value is -3.29. The van der Waals surface area contributed by atoms with Crippen molar-refractivity contribution in [1.82, 2.24) is 29.5 Å². The molecule has 5 rings (SSSR count). The SMILES string of the molecule is CCCn1cc(Nc2nc(-c3cnn(C4(CC#N)COC4)c3)c3sccc3n2)cn1. The van der Waals surface area contributed by atoms with Crippen molar-refractivity contribution in [3.8, 4) is 17.3 Å². The number of aryl methyl sites for hydroxylation is 1. The summed E-state index contributed by atoms with van der Waals surface area (Å²) in [7, 11) is 0.